The van der Waals surface area contributed by atoms with E-state index in [1.54, 1.807) is 215 Å². The molecule has 1 radical (unpaired) electrons. The predicted octanol–water partition coefficient (Wildman–Crippen LogP) is 20.7. The first-order valence-electron chi connectivity index (χ1n) is 40.3. The van der Waals surface area contributed by atoms with Crippen molar-refractivity contribution in [1.29, 1.82) is 0 Å². The number of nitrogens with one attached hydrogen (secondary N) is 2. The Kier molecular flexibility index (Phi) is 51.2. The van der Waals surface area contributed by atoms with E-state index < -0.39 is 29.6 Å². The maximum Gasteiger partial charge on any atom is 0.338 e. The summed E-state index contributed by atoms with van der Waals surface area (Å²) in [6.07, 6.45) is 6.05. The van der Waals surface area contributed by atoms with Crippen LogP contribution in [0.3, 0.4) is 0 Å². The van der Waals surface area contributed by atoms with Gasteiger partial charge in [0.1, 0.15) is 98.9 Å². The molecular weight excluding hydrogens is 1830 g/mol. The van der Waals surface area contributed by atoms with Crippen LogP contribution in [-0.4, -0.2) is 160 Å². The van der Waals surface area contributed by atoms with Crippen LogP contribution in [0.1, 0.15) is 125 Å². The first kappa shape index (κ1) is 115. The van der Waals surface area contributed by atoms with Crippen molar-refractivity contribution in [3.8, 4) is 80.5 Å². The molecule has 0 aliphatic carbocycles. The van der Waals surface area contributed by atoms with Crippen LogP contribution in [0, 0.1) is 5.82 Å². The molecule has 4 N–H and O–H groups in total. The topological polar surface area (TPSA) is 364 Å². The van der Waals surface area contributed by atoms with E-state index >= 15 is 0 Å². The largest absolute Gasteiger partial charge is 0.508 e. The van der Waals surface area contributed by atoms with Crippen LogP contribution >= 0.6 is 23.5 Å². The Hall–Kier alpha value is -14.8. The molecule has 13 rings (SSSR count). The average molecular weight is 1940 g/mol. The van der Waals surface area contributed by atoms with Crippen LogP contribution in [0.5, 0.6) is 80.5 Å². The molecule has 11 aromatic carbocycles. The summed E-state index contributed by atoms with van der Waals surface area (Å²) in [5.74, 6) is 4.25. The summed E-state index contributed by atoms with van der Waals surface area (Å²) in [5.41, 5.74) is 8.60. The number of ether oxygens (including phenoxy) is 14. The summed E-state index contributed by atoms with van der Waals surface area (Å²) in [6, 6.07) is 68.6. The zero-order valence-electron chi connectivity index (χ0n) is 75.3. The summed E-state index contributed by atoms with van der Waals surface area (Å²) in [4.78, 5) is 114. The van der Waals surface area contributed by atoms with Gasteiger partial charge in [0.15, 0.2) is 0 Å². The second-order valence-corrected chi connectivity index (χ2v) is 29.5. The maximum atomic E-state index is 12.6. The van der Waals surface area contributed by atoms with Gasteiger partial charge in [-0.3, -0.25) is 53.8 Å². The van der Waals surface area contributed by atoms with E-state index in [1.807, 2.05) is 74.5 Å². The molecule has 719 valence electrons. The minimum atomic E-state index is -0.527. The number of aromatic hydroxyl groups is 2. The molecule has 0 aromatic heterocycles. The molecule has 11 aromatic rings. The van der Waals surface area contributed by atoms with E-state index in [0.717, 1.165) is 74.3 Å². The molecule has 0 saturated carbocycles. The Morgan fingerprint density at radius 2 is 0.676 bits per heavy atom. The number of hydrogen-bond donors (Lipinski definition) is 4. The molecule has 2 saturated heterocycles. The third-order valence-electron chi connectivity index (χ3n) is 19.0. The summed E-state index contributed by atoms with van der Waals surface area (Å²) in [5, 5.41) is 22.5. The third kappa shape index (κ3) is 37.0. The number of amides is 4. The van der Waals surface area contributed by atoms with E-state index in [2.05, 4.69) is 10.6 Å². The van der Waals surface area contributed by atoms with E-state index in [-0.39, 0.29) is 92.4 Å². The predicted molar refractivity (Wildman–Crippen MR) is 519 cm³/mol. The average Bonchev–Trinajstić information content (AvgIpc) is 0.997. The fourth-order valence-electron chi connectivity index (χ4n) is 12.4. The quantitative estimate of drug-likeness (QED) is 0.0107. The monoisotopic (exact) mass is 1940 g/mol. The number of hydrogen-bond acceptors (Lipinski definition) is 28. The van der Waals surface area contributed by atoms with Gasteiger partial charge in [0.25, 0.3) is 16.4 Å². The van der Waals surface area contributed by atoms with Crippen LogP contribution in [-0.2, 0) is 85.5 Å². The van der Waals surface area contributed by atoms with Crippen molar-refractivity contribution < 1.29 is 147 Å². The Bertz CT molecular complexity index is 5650. The SMILES string of the molecule is C.C.C.CC.COC(=O)/C(=C/c1cc(OC)cc(OC)c1)c1ccc(O)cc1.COC(=O)C(Cc1cc(OC)cc(OC)c1)c1ccc(O)cc1.COC(=O)C(Cc1cc(OC)cc(OC)c1)c1ccc(Oc2ccc(/C=C3\SC(=O)NC3=O)cc2)cc1.COC(=O)C(Cc1cc(OC)cc(OC)c1)c1ccc(Oc2ccc(C=O)cc2)cc1.O=C1CSC(=O)N1.O=Cc1ccc(F)cc1.[V]. The van der Waals surface area contributed by atoms with Crippen molar-refractivity contribution in [2.45, 2.75) is 73.1 Å². The minimum Gasteiger partial charge on any atom is -0.508 e. The first-order chi connectivity index (χ1) is 63.7. The van der Waals surface area contributed by atoms with Crippen molar-refractivity contribution >= 4 is 100.0 Å². The van der Waals surface area contributed by atoms with Crippen LogP contribution in [0.4, 0.5) is 14.0 Å². The van der Waals surface area contributed by atoms with Gasteiger partial charge in [0.2, 0.25) is 5.91 Å². The third-order valence-corrected chi connectivity index (χ3v) is 20.6. The molecule has 2 aliphatic heterocycles. The normalized spacial score (nSPS) is 12.1. The van der Waals surface area contributed by atoms with Crippen LogP contribution in [0.15, 0.2) is 248 Å². The molecule has 2 aliphatic rings. The van der Waals surface area contributed by atoms with Crippen molar-refractivity contribution in [2.75, 3.05) is 91.1 Å². The second kappa shape index (κ2) is 60.4. The van der Waals surface area contributed by atoms with Crippen molar-refractivity contribution in [3.05, 3.63) is 315 Å². The molecule has 3 atom stereocenters. The molecule has 2 heterocycles. The zero-order valence-corrected chi connectivity index (χ0v) is 78.3. The van der Waals surface area contributed by atoms with E-state index in [9.17, 15) is 62.5 Å². The molecule has 3 unspecified atom stereocenters. The molecule has 0 bridgehead atoms. The summed E-state index contributed by atoms with van der Waals surface area (Å²) >= 11 is 1.88. The number of rotatable bonds is 30. The number of imide groups is 2. The van der Waals surface area contributed by atoms with Crippen LogP contribution in [0.2, 0.25) is 0 Å². The first-order valence-corrected chi connectivity index (χ1v) is 42.1. The smallest absolute Gasteiger partial charge is 0.338 e. The summed E-state index contributed by atoms with van der Waals surface area (Å²) in [7, 11) is 18.0. The molecule has 2 fully saturated rings. The standard InChI is InChI=1S/C28H25NO7S.C25H24O6.C18H20O5.C18H18O5.C7H5FO.C3H3NO2S.C2H6.3CH4.V/c1-33-22-12-18(13-23(16-22)34-2)14-24(27(31)35-3)19-6-10-21(11-7-19)36-20-8-4-17(5-9-20)15-25-26(30)29-28(32)37-25;1-28-22-12-18(13-23(15-22)29-2)14-24(25(27)30-3)19-6-10-21(11-7-19)31-20-8-4-17(16-26)5-9-20;2*1-21-15-8-12(9-16(11-15)22-2)10-17(18(20)23-3)13-4-6-14(19)7-5-13;8-7-3-1-6(5-9)2-4-7;5-2-1-7-3(6)4-2;1-2;;;;/h4-13,15-16,24H,14H2,1-3H3,(H,29,30,32);4-13,15-16,24H,14H2,1-3H3;4-9,11,17,19H,10H2,1-3H3;4-11,19H,1-3H3;1-5H;1H2,(H,4,5,6);1-2H3;3*1H4;/b25-15-;;;17-10+;;;;;;;. The number of aldehydes is 2. The van der Waals surface area contributed by atoms with Gasteiger partial charge in [0, 0.05) is 53.9 Å². The Balaban J connectivity index is 0.000000440. The summed E-state index contributed by atoms with van der Waals surface area (Å²) < 4.78 is 86.0. The van der Waals surface area contributed by atoms with Crippen LogP contribution in [0.25, 0.3) is 17.7 Å². The number of phenols is 2. The van der Waals surface area contributed by atoms with Gasteiger partial charge in [-0.15, -0.1) is 0 Å². The number of thioether (sulfide) groups is 2. The number of phenolic OH excluding ortho intramolecular Hbond substituents is 2. The van der Waals surface area contributed by atoms with Gasteiger partial charge in [-0.1, -0.05) is 109 Å². The second-order valence-electron chi connectivity index (χ2n) is 27.6. The molecule has 0 spiro atoms. The number of carbonyl (C=O) groups is 10. The molecule has 32 heteroatoms. The Morgan fingerprint density at radius 1 is 0.375 bits per heavy atom. The number of halogens is 1. The zero-order chi connectivity index (χ0) is 96.2. The van der Waals surface area contributed by atoms with E-state index in [4.69, 9.17) is 66.3 Å². The molecule has 136 heavy (non-hydrogen) atoms. The van der Waals surface area contributed by atoms with Gasteiger partial charge in [-0.2, -0.15) is 0 Å². The Labute approximate surface area is 812 Å². The number of methoxy groups -OCH3 is 12. The van der Waals surface area contributed by atoms with Crippen molar-refractivity contribution in [1.82, 2.24) is 10.6 Å². The summed E-state index contributed by atoms with van der Waals surface area (Å²) in [6.45, 7) is 4.00. The Morgan fingerprint density at radius 3 is 0.949 bits per heavy atom. The van der Waals surface area contributed by atoms with Crippen LogP contribution < -0.4 is 58.0 Å². The van der Waals surface area contributed by atoms with E-state index in [0.29, 0.717) is 127 Å². The number of carbonyl (C=O) groups excluding carboxylic acids is 10. The van der Waals surface area contributed by atoms with E-state index in [1.165, 1.54) is 64.8 Å². The van der Waals surface area contributed by atoms with Gasteiger partial charge in [0.05, 0.1) is 119 Å². The molecule has 28 nitrogen and oxygen atoms in total. The fourth-order valence-corrected chi connectivity index (χ4v) is 13.6. The van der Waals surface area contributed by atoms with Crippen molar-refractivity contribution in [2.24, 2.45) is 0 Å². The number of esters is 4. The molecular formula is C104H113FN2O26S2V. The minimum absolute atomic E-state index is 0. The van der Waals surface area contributed by atoms with Crippen molar-refractivity contribution in [3.63, 3.8) is 0 Å². The van der Waals surface area contributed by atoms with Gasteiger partial charge < -0.3 is 76.5 Å². The maximum absolute atomic E-state index is 12.6. The van der Waals surface area contributed by atoms with Gasteiger partial charge >= 0.3 is 23.9 Å². The van der Waals surface area contributed by atoms with Gasteiger partial charge in [-0.05, 0) is 251 Å². The fraction of sp³-hybridized carbons (Fsp3) is 0.231. The molecule has 4 amide bonds. The van der Waals surface area contributed by atoms with Gasteiger partial charge in [-0.25, -0.2) is 9.18 Å². The number of benzene rings is 11.